The van der Waals surface area contributed by atoms with Crippen LogP contribution in [0.5, 0.6) is 0 Å². The number of amides is 2. The molecule has 2 N–H and O–H groups in total. The number of benzene rings is 2. The SMILES string of the molecule is Cc1cc(NC(=O)Cc2ccc(F)cc2)n(NC(=O)Cc2ccc(F)cc2)c(=O)c1. The molecule has 0 saturated heterocycles. The van der Waals surface area contributed by atoms with E-state index in [-0.39, 0.29) is 18.7 Å². The maximum Gasteiger partial charge on any atom is 0.271 e. The largest absolute Gasteiger partial charge is 0.310 e. The van der Waals surface area contributed by atoms with Gasteiger partial charge in [0.2, 0.25) is 11.8 Å². The fourth-order valence-corrected chi connectivity index (χ4v) is 2.83. The summed E-state index contributed by atoms with van der Waals surface area (Å²) in [5, 5.41) is 2.60. The number of hydrogen-bond donors (Lipinski definition) is 2. The van der Waals surface area contributed by atoms with Crippen molar-refractivity contribution in [2.24, 2.45) is 0 Å². The average molecular weight is 411 g/mol. The molecule has 0 fully saturated rings. The van der Waals surface area contributed by atoms with Gasteiger partial charge in [0.15, 0.2) is 0 Å². The summed E-state index contributed by atoms with van der Waals surface area (Å²) < 4.78 is 27.0. The lowest BCUT2D eigenvalue weighted by Crippen LogP contribution is -2.36. The molecule has 0 spiro atoms. The summed E-state index contributed by atoms with van der Waals surface area (Å²) in [6.07, 6.45) is -0.116. The van der Waals surface area contributed by atoms with Crippen LogP contribution in [0.15, 0.2) is 65.5 Å². The van der Waals surface area contributed by atoms with Crippen LogP contribution in [0.2, 0.25) is 0 Å². The van der Waals surface area contributed by atoms with Gasteiger partial charge in [-0.1, -0.05) is 24.3 Å². The number of aromatic nitrogens is 1. The van der Waals surface area contributed by atoms with Crippen molar-refractivity contribution in [3.8, 4) is 0 Å². The fraction of sp³-hybridized carbons (Fsp3) is 0.136. The highest BCUT2D eigenvalue weighted by atomic mass is 19.1. The number of aryl methyl sites for hydroxylation is 1. The first-order valence-corrected chi connectivity index (χ1v) is 9.12. The van der Waals surface area contributed by atoms with E-state index in [0.717, 1.165) is 4.68 Å². The molecular weight excluding hydrogens is 392 g/mol. The zero-order chi connectivity index (χ0) is 21.7. The molecule has 2 aromatic carbocycles. The fourth-order valence-electron chi connectivity index (χ4n) is 2.83. The lowest BCUT2D eigenvalue weighted by atomic mass is 10.1. The third-order valence-corrected chi connectivity index (χ3v) is 4.24. The number of pyridine rings is 1. The Morgan fingerprint density at radius 1 is 0.833 bits per heavy atom. The molecule has 3 aromatic rings. The van der Waals surface area contributed by atoms with Gasteiger partial charge in [-0.3, -0.25) is 19.8 Å². The van der Waals surface area contributed by atoms with E-state index in [2.05, 4.69) is 10.7 Å². The Morgan fingerprint density at radius 2 is 1.33 bits per heavy atom. The molecule has 0 unspecified atom stereocenters. The van der Waals surface area contributed by atoms with E-state index in [1.807, 2.05) is 0 Å². The Kier molecular flexibility index (Phi) is 6.36. The number of rotatable bonds is 6. The van der Waals surface area contributed by atoms with Crippen LogP contribution in [0.3, 0.4) is 0 Å². The molecule has 1 aromatic heterocycles. The lowest BCUT2D eigenvalue weighted by Gasteiger charge is -2.15. The van der Waals surface area contributed by atoms with E-state index in [9.17, 15) is 23.2 Å². The molecule has 0 atom stereocenters. The van der Waals surface area contributed by atoms with E-state index in [1.165, 1.54) is 54.6 Å². The molecule has 0 aliphatic heterocycles. The van der Waals surface area contributed by atoms with Crippen molar-refractivity contribution < 1.29 is 18.4 Å². The molecule has 0 radical (unpaired) electrons. The van der Waals surface area contributed by atoms with Gasteiger partial charge < -0.3 is 5.32 Å². The van der Waals surface area contributed by atoms with Crippen LogP contribution in [0, 0.1) is 18.6 Å². The van der Waals surface area contributed by atoms with E-state index in [1.54, 1.807) is 13.0 Å². The standard InChI is InChI=1S/C22H19F2N3O3/c1-14-10-19(25-20(28)12-15-2-6-17(23)7-3-15)27(22(30)11-14)26-21(29)13-16-4-8-18(24)9-5-16/h2-11H,12-13H2,1H3,(H,25,28)(H,26,29). The van der Waals surface area contributed by atoms with Crippen molar-refractivity contribution in [2.75, 3.05) is 10.7 Å². The van der Waals surface area contributed by atoms with Gasteiger partial charge >= 0.3 is 0 Å². The quantitative estimate of drug-likeness (QED) is 0.655. The van der Waals surface area contributed by atoms with Crippen molar-refractivity contribution >= 4 is 17.6 Å². The maximum absolute atomic E-state index is 13.0. The van der Waals surface area contributed by atoms with Gasteiger partial charge in [-0.25, -0.2) is 13.5 Å². The first kappa shape index (κ1) is 20.9. The maximum atomic E-state index is 13.0. The Balaban J connectivity index is 1.75. The van der Waals surface area contributed by atoms with Gasteiger partial charge in [0, 0.05) is 6.07 Å². The second-order valence-electron chi connectivity index (χ2n) is 6.78. The van der Waals surface area contributed by atoms with E-state index < -0.39 is 29.0 Å². The highest BCUT2D eigenvalue weighted by molar-refractivity contribution is 5.92. The third-order valence-electron chi connectivity index (χ3n) is 4.24. The molecule has 0 aliphatic rings. The van der Waals surface area contributed by atoms with Crippen molar-refractivity contribution in [3.63, 3.8) is 0 Å². The topological polar surface area (TPSA) is 80.2 Å². The number of nitrogens with zero attached hydrogens (tertiary/aromatic N) is 1. The predicted octanol–water partition coefficient (Wildman–Crippen LogP) is 2.93. The molecule has 154 valence electrons. The van der Waals surface area contributed by atoms with Gasteiger partial charge in [-0.05, 0) is 53.9 Å². The summed E-state index contributed by atoms with van der Waals surface area (Å²) in [5.74, 6) is -1.68. The molecule has 1 heterocycles. The van der Waals surface area contributed by atoms with Gasteiger partial charge in [-0.15, -0.1) is 0 Å². The minimum Gasteiger partial charge on any atom is -0.310 e. The van der Waals surface area contributed by atoms with E-state index in [4.69, 9.17) is 0 Å². The molecule has 30 heavy (non-hydrogen) atoms. The van der Waals surface area contributed by atoms with Gasteiger partial charge in [0.1, 0.15) is 17.5 Å². The zero-order valence-electron chi connectivity index (χ0n) is 16.1. The number of hydrogen-bond acceptors (Lipinski definition) is 3. The van der Waals surface area contributed by atoms with Crippen LogP contribution >= 0.6 is 0 Å². The van der Waals surface area contributed by atoms with E-state index >= 15 is 0 Å². The van der Waals surface area contributed by atoms with Gasteiger partial charge in [-0.2, -0.15) is 0 Å². The van der Waals surface area contributed by atoms with Crippen LogP contribution in [-0.4, -0.2) is 16.5 Å². The minimum atomic E-state index is -0.528. The Morgan fingerprint density at radius 3 is 1.87 bits per heavy atom. The van der Waals surface area contributed by atoms with Crippen LogP contribution < -0.4 is 16.3 Å². The monoisotopic (exact) mass is 411 g/mol. The zero-order valence-corrected chi connectivity index (χ0v) is 16.1. The number of carbonyl (C=O) groups is 2. The highest BCUT2D eigenvalue weighted by Gasteiger charge is 2.13. The Hall–Kier alpha value is -3.81. The first-order chi connectivity index (χ1) is 14.3. The Labute approximate surface area is 171 Å². The van der Waals surface area contributed by atoms with Crippen LogP contribution in [-0.2, 0) is 22.4 Å². The predicted molar refractivity (Wildman–Crippen MR) is 109 cm³/mol. The van der Waals surface area contributed by atoms with Gasteiger partial charge in [0.05, 0.1) is 12.8 Å². The number of carbonyl (C=O) groups excluding carboxylic acids is 2. The summed E-state index contributed by atoms with van der Waals surface area (Å²) in [5.41, 5.74) is 3.68. The Bertz CT molecular complexity index is 1120. The van der Waals surface area contributed by atoms with Crippen LogP contribution in [0.4, 0.5) is 14.6 Å². The highest BCUT2D eigenvalue weighted by Crippen LogP contribution is 2.10. The number of nitrogens with one attached hydrogen (secondary N) is 2. The van der Waals surface area contributed by atoms with Crippen molar-refractivity contribution in [3.05, 3.63) is 99.3 Å². The molecule has 6 nitrogen and oxygen atoms in total. The van der Waals surface area contributed by atoms with Crippen LogP contribution in [0.25, 0.3) is 0 Å². The van der Waals surface area contributed by atoms with Crippen molar-refractivity contribution in [2.45, 2.75) is 19.8 Å². The summed E-state index contributed by atoms with van der Waals surface area (Å²) in [6.45, 7) is 1.68. The molecule has 0 saturated carbocycles. The van der Waals surface area contributed by atoms with Crippen molar-refractivity contribution in [1.82, 2.24) is 4.68 Å². The normalized spacial score (nSPS) is 10.5. The summed E-state index contributed by atoms with van der Waals surface area (Å²) in [4.78, 5) is 37.1. The third kappa shape index (κ3) is 5.60. The smallest absolute Gasteiger partial charge is 0.271 e. The first-order valence-electron chi connectivity index (χ1n) is 9.12. The molecule has 2 amide bonds. The molecule has 0 aliphatic carbocycles. The molecular formula is C22H19F2N3O3. The molecule has 3 rings (SSSR count). The second-order valence-corrected chi connectivity index (χ2v) is 6.78. The van der Waals surface area contributed by atoms with Crippen LogP contribution in [0.1, 0.15) is 16.7 Å². The number of anilines is 1. The van der Waals surface area contributed by atoms with E-state index in [0.29, 0.717) is 16.7 Å². The second kappa shape index (κ2) is 9.13. The summed E-state index contributed by atoms with van der Waals surface area (Å²) >= 11 is 0. The van der Waals surface area contributed by atoms with Gasteiger partial charge in [0.25, 0.3) is 5.56 Å². The molecule has 8 heteroatoms. The average Bonchev–Trinajstić information content (AvgIpc) is 2.68. The lowest BCUT2D eigenvalue weighted by molar-refractivity contribution is -0.117. The molecule has 0 bridgehead atoms. The number of halogens is 2. The summed E-state index contributed by atoms with van der Waals surface area (Å²) in [7, 11) is 0. The summed E-state index contributed by atoms with van der Waals surface area (Å²) in [6, 6.07) is 13.8. The minimum absolute atomic E-state index is 0.0358. The van der Waals surface area contributed by atoms with Crippen molar-refractivity contribution in [1.29, 1.82) is 0 Å².